The largest absolute Gasteiger partial charge is 0.477 e. The lowest BCUT2D eigenvalue weighted by Gasteiger charge is -2.20. The molecule has 7 rings (SSSR count). The topological polar surface area (TPSA) is 105 Å². The lowest BCUT2D eigenvalue weighted by atomic mass is 9.92. The highest BCUT2D eigenvalue weighted by Gasteiger charge is 2.59. The van der Waals surface area contributed by atoms with Gasteiger partial charge < -0.3 is 14.5 Å². The molecule has 2 saturated carbocycles. The Hall–Kier alpha value is -3.08. The summed E-state index contributed by atoms with van der Waals surface area (Å²) < 4.78 is 32.3. The molecule has 1 N–H and O–H groups in total. The number of carbonyl (C=O) groups excluding carboxylic acids is 1. The summed E-state index contributed by atoms with van der Waals surface area (Å²) in [6.07, 6.45) is 10.2. The third-order valence-electron chi connectivity index (χ3n) is 8.96. The van der Waals surface area contributed by atoms with E-state index in [1.165, 1.54) is 12.8 Å². The number of amides is 1. The smallest absolute Gasteiger partial charge is 0.237 e. The van der Waals surface area contributed by atoms with Gasteiger partial charge in [-0.05, 0) is 81.8 Å². The van der Waals surface area contributed by atoms with Gasteiger partial charge in [0.1, 0.15) is 0 Å². The average molecular weight is 548 g/mol. The second-order valence-electron chi connectivity index (χ2n) is 11.5. The van der Waals surface area contributed by atoms with Crippen LogP contribution in [0.5, 0.6) is 5.88 Å². The lowest BCUT2D eigenvalue weighted by Crippen LogP contribution is -2.28. The van der Waals surface area contributed by atoms with Gasteiger partial charge in [0, 0.05) is 41.9 Å². The molecule has 1 amide bonds. The van der Waals surface area contributed by atoms with Crippen LogP contribution in [0.25, 0.3) is 22.0 Å². The first-order valence-corrected chi connectivity index (χ1v) is 15.1. The van der Waals surface area contributed by atoms with Gasteiger partial charge >= 0.3 is 0 Å². The van der Waals surface area contributed by atoms with Gasteiger partial charge in [-0.3, -0.25) is 9.78 Å². The standard InChI is InChI=1S/C29H33N5O4S/c1-33-24-18-30-23-6-5-19(15-21(23)25(24)28(7-8-28)27(33)35)20-16-22(29(9-10-29)32-39(36)37)26(31-17-20)38-14-4-13-34-11-2-3-12-34/h5-6,15-18,39H,2-4,7-14H2,1H3,(H,32,36,37). The molecule has 1 saturated heterocycles. The molecule has 204 valence electrons. The molecule has 4 aliphatic rings. The predicted molar refractivity (Wildman–Crippen MR) is 149 cm³/mol. The average Bonchev–Trinajstić information content (AvgIpc) is 3.84. The van der Waals surface area contributed by atoms with Crippen molar-refractivity contribution >= 4 is 33.4 Å². The fourth-order valence-corrected chi connectivity index (χ4v) is 7.21. The summed E-state index contributed by atoms with van der Waals surface area (Å²) in [5, 5.41) is 0.992. The number of likely N-dealkylation sites (N-methyl/N-ethyl adjacent to an activating group) is 1. The maximum atomic E-state index is 13.0. The summed E-state index contributed by atoms with van der Waals surface area (Å²) in [6.45, 7) is 3.83. The quantitative estimate of drug-likeness (QED) is 0.313. The Balaban J connectivity index is 1.23. The predicted octanol–water partition coefficient (Wildman–Crippen LogP) is 3.27. The summed E-state index contributed by atoms with van der Waals surface area (Å²) in [5.41, 5.74) is 4.36. The molecule has 9 nitrogen and oxygen atoms in total. The lowest BCUT2D eigenvalue weighted by molar-refractivity contribution is -0.119. The zero-order chi connectivity index (χ0) is 26.8. The summed E-state index contributed by atoms with van der Waals surface area (Å²) in [6, 6.07) is 8.13. The van der Waals surface area contributed by atoms with Crippen LogP contribution in [-0.4, -0.2) is 62.5 Å². The van der Waals surface area contributed by atoms with E-state index < -0.39 is 21.8 Å². The molecule has 1 spiro atoms. The minimum Gasteiger partial charge on any atom is -0.477 e. The van der Waals surface area contributed by atoms with Gasteiger partial charge in [0.25, 0.3) is 0 Å². The monoisotopic (exact) mass is 547 g/mol. The highest BCUT2D eigenvalue weighted by atomic mass is 32.2. The molecule has 3 fully saturated rings. The van der Waals surface area contributed by atoms with Crippen molar-refractivity contribution in [1.29, 1.82) is 0 Å². The van der Waals surface area contributed by atoms with Crippen molar-refractivity contribution in [1.82, 2.24) is 19.6 Å². The number of hydrogen-bond acceptors (Lipinski definition) is 7. The Morgan fingerprint density at radius 1 is 1.03 bits per heavy atom. The molecular formula is C29H33N5O4S. The van der Waals surface area contributed by atoms with E-state index in [-0.39, 0.29) is 5.91 Å². The zero-order valence-electron chi connectivity index (χ0n) is 22.1. The number of nitrogens with zero attached hydrogens (tertiary/aromatic N) is 4. The van der Waals surface area contributed by atoms with Gasteiger partial charge in [-0.25, -0.2) is 18.1 Å². The molecule has 1 aromatic carbocycles. The second kappa shape index (κ2) is 9.25. The van der Waals surface area contributed by atoms with E-state index in [0.717, 1.165) is 77.7 Å². The molecule has 2 aliphatic heterocycles. The first kappa shape index (κ1) is 24.9. The van der Waals surface area contributed by atoms with Crippen molar-refractivity contribution in [3.8, 4) is 17.0 Å². The van der Waals surface area contributed by atoms with E-state index in [1.54, 1.807) is 11.1 Å². The molecule has 0 radical (unpaired) electrons. The number of aromatic nitrogens is 2. The van der Waals surface area contributed by atoms with E-state index in [1.807, 2.05) is 31.4 Å². The number of benzene rings is 1. The van der Waals surface area contributed by atoms with Gasteiger partial charge in [-0.2, -0.15) is 0 Å². The molecule has 0 unspecified atom stereocenters. The van der Waals surface area contributed by atoms with Crippen molar-refractivity contribution in [2.24, 2.45) is 0 Å². The van der Waals surface area contributed by atoms with Gasteiger partial charge in [0.2, 0.25) is 22.7 Å². The number of rotatable bonds is 9. The van der Waals surface area contributed by atoms with Crippen molar-refractivity contribution in [3.63, 3.8) is 0 Å². The highest BCUT2D eigenvalue weighted by Crippen LogP contribution is 2.59. The Morgan fingerprint density at radius 2 is 1.82 bits per heavy atom. The minimum absolute atomic E-state index is 0.154. The molecule has 2 aromatic heterocycles. The second-order valence-corrected chi connectivity index (χ2v) is 12.2. The Kier molecular flexibility index (Phi) is 5.91. The van der Waals surface area contributed by atoms with Crippen LogP contribution >= 0.6 is 0 Å². The van der Waals surface area contributed by atoms with Gasteiger partial charge in [-0.15, -0.1) is 0 Å². The normalized spacial score (nSPS) is 20.8. The van der Waals surface area contributed by atoms with Crippen molar-refractivity contribution < 1.29 is 17.9 Å². The van der Waals surface area contributed by atoms with Crippen molar-refractivity contribution in [2.75, 3.05) is 38.2 Å². The van der Waals surface area contributed by atoms with Crippen LogP contribution in [0.2, 0.25) is 0 Å². The molecular weight excluding hydrogens is 514 g/mol. The van der Waals surface area contributed by atoms with Crippen LogP contribution in [0.15, 0.2) is 36.7 Å². The number of fused-ring (bicyclic) bond motifs is 4. The molecule has 39 heavy (non-hydrogen) atoms. The van der Waals surface area contributed by atoms with Crippen LogP contribution < -0.4 is 14.4 Å². The summed E-state index contributed by atoms with van der Waals surface area (Å²) in [4.78, 5) is 26.6. The first-order valence-electron chi connectivity index (χ1n) is 13.9. The maximum absolute atomic E-state index is 13.0. The molecule has 10 heteroatoms. The number of pyridine rings is 2. The summed E-state index contributed by atoms with van der Waals surface area (Å²) >= 11 is 0. The Morgan fingerprint density at radius 3 is 2.54 bits per heavy atom. The van der Waals surface area contributed by atoms with Crippen LogP contribution in [-0.2, 0) is 26.6 Å². The van der Waals surface area contributed by atoms with Crippen LogP contribution in [0.3, 0.4) is 0 Å². The maximum Gasteiger partial charge on any atom is 0.237 e. The third kappa shape index (κ3) is 4.20. The fourth-order valence-electron chi connectivity index (χ4n) is 6.52. The number of thiol groups is 1. The van der Waals surface area contributed by atoms with E-state index in [2.05, 4.69) is 20.7 Å². The minimum atomic E-state index is -2.77. The Labute approximate surface area is 229 Å². The van der Waals surface area contributed by atoms with E-state index >= 15 is 0 Å². The molecule has 0 atom stereocenters. The van der Waals surface area contributed by atoms with Gasteiger partial charge in [0.15, 0.2) is 0 Å². The summed E-state index contributed by atoms with van der Waals surface area (Å²) in [5.74, 6) is 0.649. The van der Waals surface area contributed by atoms with E-state index in [4.69, 9.17) is 9.72 Å². The SMILES string of the molecule is CN1C(=O)C2(CC2)c2c1cnc1ccc(-c3cnc(OCCCN4CCCC4)c(C4(N[SH](=O)=O)CC4)c3)cc21. The number of nitrogens with one attached hydrogen (secondary N) is 1. The zero-order valence-corrected chi connectivity index (χ0v) is 23.0. The van der Waals surface area contributed by atoms with Crippen LogP contribution in [0, 0.1) is 0 Å². The van der Waals surface area contributed by atoms with Crippen molar-refractivity contribution in [3.05, 3.63) is 47.8 Å². The Bertz CT molecular complexity index is 1550. The van der Waals surface area contributed by atoms with E-state index in [0.29, 0.717) is 25.3 Å². The number of ether oxygens (including phenoxy) is 1. The number of anilines is 1. The fraction of sp³-hybridized carbons (Fsp3) is 0.483. The van der Waals surface area contributed by atoms with Crippen LogP contribution in [0.4, 0.5) is 5.69 Å². The van der Waals surface area contributed by atoms with Crippen LogP contribution in [0.1, 0.15) is 56.1 Å². The number of hydrogen-bond donors (Lipinski definition) is 2. The number of carbonyl (C=O) groups is 1. The molecule has 0 bridgehead atoms. The van der Waals surface area contributed by atoms with Gasteiger partial charge in [0.05, 0.1) is 35.0 Å². The molecule has 2 aliphatic carbocycles. The molecule has 3 aromatic rings. The number of likely N-dealkylation sites (tertiary alicyclic amines) is 1. The highest BCUT2D eigenvalue weighted by molar-refractivity contribution is 7.70. The van der Waals surface area contributed by atoms with Crippen molar-refractivity contribution in [2.45, 2.75) is 55.9 Å². The first-order chi connectivity index (χ1) is 18.9. The van der Waals surface area contributed by atoms with Gasteiger partial charge in [-0.1, -0.05) is 6.07 Å². The third-order valence-corrected chi connectivity index (χ3v) is 9.57. The summed E-state index contributed by atoms with van der Waals surface area (Å²) in [7, 11) is -0.944. The van der Waals surface area contributed by atoms with E-state index in [9.17, 15) is 13.2 Å². The molecule has 4 heterocycles.